The Morgan fingerprint density at radius 2 is 2.22 bits per heavy atom. The number of rotatable bonds is 5. The van der Waals surface area contributed by atoms with Crippen LogP contribution in [-0.2, 0) is 9.53 Å². The van der Waals surface area contributed by atoms with Crippen molar-refractivity contribution in [1.29, 1.82) is 0 Å². The number of likely N-dealkylation sites (N-methyl/N-ethyl adjacent to an activating group) is 1. The lowest BCUT2D eigenvalue weighted by molar-refractivity contribution is -0.151. The molecule has 0 amide bonds. The summed E-state index contributed by atoms with van der Waals surface area (Å²) < 4.78 is 5.01. The van der Waals surface area contributed by atoms with E-state index in [1.807, 2.05) is 6.92 Å². The molecular weight excluding hydrogens is 228 g/mol. The van der Waals surface area contributed by atoms with E-state index in [2.05, 4.69) is 31.1 Å². The van der Waals surface area contributed by atoms with E-state index in [4.69, 9.17) is 4.74 Å². The standard InChI is InChI=1S/C14H28N2O2/c1-6-15-14(13(17)18-5)9-7-8-12(10-14)16(4)11(2)3/h11-12,15H,6-10H2,1-5H3. The van der Waals surface area contributed by atoms with Crippen LogP contribution >= 0.6 is 0 Å². The predicted octanol–water partition coefficient (Wildman–Crippen LogP) is 1.79. The van der Waals surface area contributed by atoms with Crippen LogP contribution in [0.25, 0.3) is 0 Å². The van der Waals surface area contributed by atoms with Gasteiger partial charge in [-0.2, -0.15) is 0 Å². The van der Waals surface area contributed by atoms with Crippen molar-refractivity contribution in [2.45, 2.75) is 64.1 Å². The van der Waals surface area contributed by atoms with Crippen LogP contribution in [-0.4, -0.2) is 49.2 Å². The van der Waals surface area contributed by atoms with Crippen LogP contribution in [0.4, 0.5) is 0 Å². The first kappa shape index (κ1) is 15.4. The highest BCUT2D eigenvalue weighted by molar-refractivity contribution is 5.81. The first-order chi connectivity index (χ1) is 8.46. The fourth-order valence-corrected chi connectivity index (χ4v) is 2.97. The Hall–Kier alpha value is -0.610. The van der Waals surface area contributed by atoms with E-state index in [1.165, 1.54) is 13.5 Å². The Bertz CT molecular complexity index is 277. The molecule has 4 nitrogen and oxygen atoms in total. The highest BCUT2D eigenvalue weighted by atomic mass is 16.5. The maximum atomic E-state index is 12.1. The van der Waals surface area contributed by atoms with E-state index in [9.17, 15) is 4.79 Å². The largest absolute Gasteiger partial charge is 0.468 e. The fourth-order valence-electron chi connectivity index (χ4n) is 2.97. The molecule has 1 fully saturated rings. The minimum absolute atomic E-state index is 0.105. The average molecular weight is 256 g/mol. The zero-order valence-corrected chi connectivity index (χ0v) is 12.5. The van der Waals surface area contributed by atoms with Crippen LogP contribution in [0.15, 0.2) is 0 Å². The molecule has 0 aromatic rings. The van der Waals surface area contributed by atoms with Crippen molar-refractivity contribution in [2.24, 2.45) is 0 Å². The summed E-state index contributed by atoms with van der Waals surface area (Å²) in [5.41, 5.74) is -0.477. The summed E-state index contributed by atoms with van der Waals surface area (Å²) >= 11 is 0. The second kappa shape index (κ2) is 6.53. The van der Waals surface area contributed by atoms with Crippen molar-refractivity contribution in [1.82, 2.24) is 10.2 Å². The molecule has 2 atom stereocenters. The third-order valence-corrected chi connectivity index (χ3v) is 4.21. The summed E-state index contributed by atoms with van der Waals surface area (Å²) in [7, 11) is 3.63. The molecule has 0 saturated heterocycles. The molecule has 0 aromatic heterocycles. The number of hydrogen-bond donors (Lipinski definition) is 1. The monoisotopic (exact) mass is 256 g/mol. The van der Waals surface area contributed by atoms with Gasteiger partial charge in [0.1, 0.15) is 5.54 Å². The van der Waals surface area contributed by atoms with Gasteiger partial charge in [-0.25, -0.2) is 0 Å². The number of esters is 1. The number of carbonyl (C=O) groups excluding carboxylic acids is 1. The maximum Gasteiger partial charge on any atom is 0.326 e. The lowest BCUT2D eigenvalue weighted by atomic mass is 9.78. The molecule has 4 heteroatoms. The van der Waals surface area contributed by atoms with Gasteiger partial charge in [0.2, 0.25) is 0 Å². The van der Waals surface area contributed by atoms with Crippen LogP contribution < -0.4 is 5.32 Å². The number of methoxy groups -OCH3 is 1. The van der Waals surface area contributed by atoms with Crippen molar-refractivity contribution in [3.8, 4) is 0 Å². The summed E-state index contributed by atoms with van der Waals surface area (Å²) in [4.78, 5) is 14.5. The lowest BCUT2D eigenvalue weighted by Crippen LogP contribution is -2.58. The SMILES string of the molecule is CCNC1(C(=O)OC)CCCC(N(C)C(C)C)C1. The third kappa shape index (κ3) is 3.23. The van der Waals surface area contributed by atoms with Gasteiger partial charge in [-0.05, 0) is 53.1 Å². The molecule has 0 bridgehead atoms. The summed E-state index contributed by atoms with van der Waals surface area (Å²) in [5.74, 6) is -0.105. The van der Waals surface area contributed by atoms with Crippen molar-refractivity contribution in [2.75, 3.05) is 20.7 Å². The summed E-state index contributed by atoms with van der Waals surface area (Å²) in [6.45, 7) is 7.23. The normalized spacial score (nSPS) is 28.7. The minimum atomic E-state index is -0.477. The number of carbonyl (C=O) groups is 1. The number of ether oxygens (including phenoxy) is 1. The van der Waals surface area contributed by atoms with Crippen molar-refractivity contribution in [3.05, 3.63) is 0 Å². The number of hydrogen-bond acceptors (Lipinski definition) is 4. The minimum Gasteiger partial charge on any atom is -0.468 e. The van der Waals surface area contributed by atoms with Gasteiger partial charge < -0.3 is 15.0 Å². The Morgan fingerprint density at radius 1 is 1.56 bits per heavy atom. The smallest absolute Gasteiger partial charge is 0.326 e. The third-order valence-electron chi connectivity index (χ3n) is 4.21. The number of nitrogens with zero attached hydrogens (tertiary/aromatic N) is 1. The van der Waals surface area contributed by atoms with Crippen LogP contribution in [0.3, 0.4) is 0 Å². The summed E-state index contributed by atoms with van der Waals surface area (Å²) in [6.07, 6.45) is 3.97. The Morgan fingerprint density at radius 3 is 2.72 bits per heavy atom. The van der Waals surface area contributed by atoms with Gasteiger partial charge in [-0.15, -0.1) is 0 Å². The van der Waals surface area contributed by atoms with E-state index in [-0.39, 0.29) is 5.97 Å². The topological polar surface area (TPSA) is 41.6 Å². The van der Waals surface area contributed by atoms with E-state index in [0.29, 0.717) is 12.1 Å². The van der Waals surface area contributed by atoms with Crippen LogP contribution in [0.1, 0.15) is 46.5 Å². The lowest BCUT2D eigenvalue weighted by Gasteiger charge is -2.43. The predicted molar refractivity (Wildman–Crippen MR) is 73.6 cm³/mol. The van der Waals surface area contributed by atoms with E-state index in [1.54, 1.807) is 0 Å². The highest BCUT2D eigenvalue weighted by Gasteiger charge is 2.44. The molecule has 2 unspecified atom stereocenters. The van der Waals surface area contributed by atoms with E-state index >= 15 is 0 Å². The molecule has 0 aromatic carbocycles. The molecule has 0 heterocycles. The highest BCUT2D eigenvalue weighted by Crippen LogP contribution is 2.32. The molecule has 0 spiro atoms. The quantitative estimate of drug-likeness (QED) is 0.762. The second-order valence-corrected chi connectivity index (χ2v) is 5.61. The molecule has 18 heavy (non-hydrogen) atoms. The molecule has 1 rings (SSSR count). The first-order valence-corrected chi connectivity index (χ1v) is 7.02. The average Bonchev–Trinajstić information content (AvgIpc) is 2.37. The van der Waals surface area contributed by atoms with Crippen LogP contribution in [0.2, 0.25) is 0 Å². The molecule has 0 radical (unpaired) electrons. The van der Waals surface area contributed by atoms with Crippen molar-refractivity contribution >= 4 is 5.97 Å². The molecule has 1 aliphatic rings. The van der Waals surface area contributed by atoms with Gasteiger partial charge in [0, 0.05) is 12.1 Å². The van der Waals surface area contributed by atoms with Gasteiger partial charge in [0.05, 0.1) is 7.11 Å². The van der Waals surface area contributed by atoms with Gasteiger partial charge >= 0.3 is 5.97 Å². The van der Waals surface area contributed by atoms with Gasteiger partial charge in [0.15, 0.2) is 0 Å². The molecule has 0 aliphatic heterocycles. The molecule has 1 saturated carbocycles. The van der Waals surface area contributed by atoms with Crippen molar-refractivity contribution < 1.29 is 9.53 Å². The zero-order chi connectivity index (χ0) is 13.8. The van der Waals surface area contributed by atoms with Gasteiger partial charge in [-0.1, -0.05) is 6.92 Å². The summed E-state index contributed by atoms with van der Waals surface area (Å²) in [5, 5.41) is 3.37. The molecule has 1 aliphatic carbocycles. The Labute approximate surface area is 111 Å². The fraction of sp³-hybridized carbons (Fsp3) is 0.929. The van der Waals surface area contributed by atoms with E-state index < -0.39 is 5.54 Å². The van der Waals surface area contributed by atoms with E-state index in [0.717, 1.165) is 25.8 Å². The Balaban J connectivity index is 2.82. The Kier molecular flexibility index (Phi) is 5.60. The maximum absolute atomic E-state index is 12.1. The van der Waals surface area contributed by atoms with Gasteiger partial charge in [-0.3, -0.25) is 4.79 Å². The molecule has 106 valence electrons. The first-order valence-electron chi connectivity index (χ1n) is 7.02. The summed E-state index contributed by atoms with van der Waals surface area (Å²) in [6, 6.07) is 0.960. The van der Waals surface area contributed by atoms with Crippen LogP contribution in [0.5, 0.6) is 0 Å². The zero-order valence-electron chi connectivity index (χ0n) is 12.5. The molecule has 1 N–H and O–H groups in total. The van der Waals surface area contributed by atoms with Crippen molar-refractivity contribution in [3.63, 3.8) is 0 Å². The van der Waals surface area contributed by atoms with Crippen LogP contribution in [0, 0.1) is 0 Å². The van der Waals surface area contributed by atoms with Gasteiger partial charge in [0.25, 0.3) is 0 Å². The second-order valence-electron chi connectivity index (χ2n) is 5.61. The molecular formula is C14H28N2O2. The number of nitrogens with one attached hydrogen (secondary N) is 1.